The Bertz CT molecular complexity index is 623. The van der Waals surface area contributed by atoms with E-state index in [0.29, 0.717) is 11.1 Å². The number of carbonyl (C=O) groups is 1. The van der Waals surface area contributed by atoms with E-state index in [9.17, 15) is 9.18 Å². The van der Waals surface area contributed by atoms with Crippen molar-refractivity contribution in [1.82, 2.24) is 4.90 Å². The number of amides is 1. The minimum atomic E-state index is -0.317. The zero-order chi connectivity index (χ0) is 14.1. The maximum Gasteiger partial charge on any atom is 0.254 e. The summed E-state index contributed by atoms with van der Waals surface area (Å²) in [6, 6.07) is 8.94. The number of likely N-dealkylation sites (tertiary alicyclic amines) is 1. The molecule has 1 aliphatic rings. The van der Waals surface area contributed by atoms with Crippen molar-refractivity contribution in [3.63, 3.8) is 0 Å². The van der Waals surface area contributed by atoms with Crippen molar-refractivity contribution in [2.45, 2.75) is 25.8 Å². The van der Waals surface area contributed by atoms with Crippen molar-refractivity contribution >= 4 is 17.2 Å². The van der Waals surface area contributed by atoms with E-state index in [1.165, 1.54) is 10.9 Å². The van der Waals surface area contributed by atoms with Crippen molar-refractivity contribution in [3.05, 3.63) is 57.5 Å². The molecule has 0 spiro atoms. The van der Waals surface area contributed by atoms with Gasteiger partial charge in [0.2, 0.25) is 0 Å². The van der Waals surface area contributed by atoms with Crippen molar-refractivity contribution in [3.8, 4) is 0 Å². The van der Waals surface area contributed by atoms with E-state index in [1.54, 1.807) is 30.4 Å². The highest BCUT2D eigenvalue weighted by Gasteiger charge is 2.31. The number of hydrogen-bond donors (Lipinski definition) is 0. The standard InChI is InChI=1S/C16H16FNOS/c1-11-6-7-12(10-13(11)17)16(19)18-8-2-4-14(18)15-5-3-9-20-15/h3,5-7,9-10,14H,2,4,8H2,1H3. The number of carbonyl (C=O) groups excluding carboxylic acids is 1. The second-order valence-electron chi connectivity index (χ2n) is 5.14. The normalized spacial score (nSPS) is 18.5. The molecule has 2 aromatic rings. The van der Waals surface area contributed by atoms with Gasteiger partial charge in [-0.05, 0) is 48.9 Å². The summed E-state index contributed by atoms with van der Waals surface area (Å²) in [5, 5.41) is 2.03. The van der Waals surface area contributed by atoms with Crippen LogP contribution in [0.1, 0.15) is 39.7 Å². The zero-order valence-corrected chi connectivity index (χ0v) is 12.1. The number of thiophene rings is 1. The molecular formula is C16H16FNOS. The third kappa shape index (κ3) is 2.36. The Hall–Kier alpha value is -1.68. The van der Waals surface area contributed by atoms with E-state index in [4.69, 9.17) is 0 Å². The predicted molar refractivity (Wildman–Crippen MR) is 78.5 cm³/mol. The summed E-state index contributed by atoms with van der Waals surface area (Å²) in [6.45, 7) is 2.45. The molecule has 2 heterocycles. The Morgan fingerprint density at radius 3 is 2.95 bits per heavy atom. The molecule has 1 aromatic carbocycles. The first kappa shape index (κ1) is 13.3. The van der Waals surface area contributed by atoms with Gasteiger partial charge in [0.05, 0.1) is 6.04 Å². The molecule has 2 nitrogen and oxygen atoms in total. The van der Waals surface area contributed by atoms with E-state index in [0.717, 1.165) is 19.4 Å². The van der Waals surface area contributed by atoms with Crippen LogP contribution in [0.3, 0.4) is 0 Å². The van der Waals surface area contributed by atoms with Crippen LogP contribution in [0.25, 0.3) is 0 Å². The Balaban J connectivity index is 1.87. The number of rotatable bonds is 2. The molecule has 1 atom stereocenters. The molecule has 4 heteroatoms. The summed E-state index contributed by atoms with van der Waals surface area (Å²) in [5.41, 5.74) is 1.01. The van der Waals surface area contributed by atoms with Crippen molar-refractivity contribution < 1.29 is 9.18 Å². The second-order valence-corrected chi connectivity index (χ2v) is 6.12. The number of hydrogen-bond acceptors (Lipinski definition) is 2. The molecular weight excluding hydrogens is 273 g/mol. The lowest BCUT2D eigenvalue weighted by Gasteiger charge is -2.24. The van der Waals surface area contributed by atoms with Crippen LogP contribution in [0.5, 0.6) is 0 Å². The van der Waals surface area contributed by atoms with Crippen molar-refractivity contribution in [1.29, 1.82) is 0 Å². The van der Waals surface area contributed by atoms with Crippen LogP contribution in [0.15, 0.2) is 35.7 Å². The minimum absolute atomic E-state index is 0.0696. The van der Waals surface area contributed by atoms with Gasteiger partial charge in [-0.2, -0.15) is 0 Å². The number of halogens is 1. The largest absolute Gasteiger partial charge is 0.331 e. The number of nitrogens with zero attached hydrogens (tertiary/aromatic N) is 1. The molecule has 0 radical (unpaired) electrons. The van der Waals surface area contributed by atoms with E-state index >= 15 is 0 Å². The lowest BCUT2D eigenvalue weighted by molar-refractivity contribution is 0.0737. The summed E-state index contributed by atoms with van der Waals surface area (Å²) < 4.78 is 13.6. The van der Waals surface area contributed by atoms with E-state index in [1.807, 2.05) is 16.3 Å². The Kier molecular flexibility index (Phi) is 3.57. The van der Waals surface area contributed by atoms with Crippen LogP contribution in [0.4, 0.5) is 4.39 Å². The highest BCUT2D eigenvalue weighted by atomic mass is 32.1. The summed E-state index contributed by atoms with van der Waals surface area (Å²) in [4.78, 5) is 15.7. The van der Waals surface area contributed by atoms with Gasteiger partial charge >= 0.3 is 0 Å². The first-order valence-electron chi connectivity index (χ1n) is 6.77. The quantitative estimate of drug-likeness (QED) is 0.812. The lowest BCUT2D eigenvalue weighted by atomic mass is 10.1. The molecule has 0 aliphatic carbocycles. The molecule has 1 unspecified atom stereocenters. The molecule has 1 aromatic heterocycles. The molecule has 0 bridgehead atoms. The van der Waals surface area contributed by atoms with Crippen LogP contribution in [0, 0.1) is 12.7 Å². The molecule has 20 heavy (non-hydrogen) atoms. The van der Waals surface area contributed by atoms with Crippen molar-refractivity contribution in [2.24, 2.45) is 0 Å². The maximum atomic E-state index is 13.6. The zero-order valence-electron chi connectivity index (χ0n) is 11.3. The highest BCUT2D eigenvalue weighted by molar-refractivity contribution is 7.10. The smallest absolute Gasteiger partial charge is 0.254 e. The first-order valence-corrected chi connectivity index (χ1v) is 7.65. The second kappa shape index (κ2) is 5.37. The van der Waals surface area contributed by atoms with Crippen LogP contribution in [0.2, 0.25) is 0 Å². The van der Waals surface area contributed by atoms with E-state index < -0.39 is 0 Å². The fourth-order valence-electron chi connectivity index (χ4n) is 2.68. The maximum absolute atomic E-state index is 13.6. The molecule has 1 amide bonds. The lowest BCUT2D eigenvalue weighted by Crippen LogP contribution is -2.30. The molecule has 3 rings (SSSR count). The molecule has 1 fully saturated rings. The van der Waals surface area contributed by atoms with Gasteiger partial charge in [-0.25, -0.2) is 4.39 Å². The van der Waals surface area contributed by atoms with Crippen LogP contribution in [-0.2, 0) is 0 Å². The van der Waals surface area contributed by atoms with E-state index in [2.05, 4.69) is 6.07 Å². The Morgan fingerprint density at radius 1 is 1.40 bits per heavy atom. The minimum Gasteiger partial charge on any atom is -0.331 e. The fraction of sp³-hybridized carbons (Fsp3) is 0.312. The molecule has 1 aliphatic heterocycles. The molecule has 104 valence electrons. The SMILES string of the molecule is Cc1ccc(C(=O)N2CCCC2c2cccs2)cc1F. The fourth-order valence-corrected chi connectivity index (χ4v) is 3.55. The first-order chi connectivity index (χ1) is 9.66. The van der Waals surface area contributed by atoms with Crippen LogP contribution < -0.4 is 0 Å². The van der Waals surface area contributed by atoms with Gasteiger partial charge in [-0.3, -0.25) is 4.79 Å². The highest BCUT2D eigenvalue weighted by Crippen LogP contribution is 2.35. The third-order valence-corrected chi connectivity index (χ3v) is 4.78. The van der Waals surface area contributed by atoms with Gasteiger partial charge in [0, 0.05) is 17.0 Å². The Morgan fingerprint density at radius 2 is 2.25 bits per heavy atom. The Labute approximate surface area is 121 Å². The van der Waals surface area contributed by atoms with Gasteiger partial charge in [-0.1, -0.05) is 12.1 Å². The average Bonchev–Trinajstić information content (AvgIpc) is 3.10. The average molecular weight is 289 g/mol. The van der Waals surface area contributed by atoms with Gasteiger partial charge in [0.1, 0.15) is 5.82 Å². The van der Waals surface area contributed by atoms with Gasteiger partial charge < -0.3 is 4.90 Å². The van der Waals surface area contributed by atoms with Crippen LogP contribution in [-0.4, -0.2) is 17.4 Å². The summed E-state index contributed by atoms with van der Waals surface area (Å²) in [5.74, 6) is -0.387. The number of benzene rings is 1. The monoisotopic (exact) mass is 289 g/mol. The van der Waals surface area contributed by atoms with E-state index in [-0.39, 0.29) is 17.8 Å². The van der Waals surface area contributed by atoms with Gasteiger partial charge in [0.15, 0.2) is 0 Å². The predicted octanol–water partition coefficient (Wildman–Crippen LogP) is 4.17. The van der Waals surface area contributed by atoms with Gasteiger partial charge in [-0.15, -0.1) is 11.3 Å². The topological polar surface area (TPSA) is 20.3 Å². The van der Waals surface area contributed by atoms with Gasteiger partial charge in [0.25, 0.3) is 5.91 Å². The summed E-state index contributed by atoms with van der Waals surface area (Å²) in [7, 11) is 0. The molecule has 0 N–H and O–H groups in total. The van der Waals surface area contributed by atoms with Crippen molar-refractivity contribution in [2.75, 3.05) is 6.54 Å². The summed E-state index contributed by atoms with van der Waals surface area (Å²) >= 11 is 1.67. The number of aryl methyl sites for hydroxylation is 1. The molecule has 0 saturated carbocycles. The van der Waals surface area contributed by atoms with Crippen LogP contribution >= 0.6 is 11.3 Å². The third-order valence-electron chi connectivity index (χ3n) is 3.80. The molecule has 1 saturated heterocycles. The summed E-state index contributed by atoms with van der Waals surface area (Å²) in [6.07, 6.45) is 1.99.